The molecule has 6 heteroatoms. The van der Waals surface area contributed by atoms with Crippen LogP contribution in [0.1, 0.15) is 5.56 Å². The molecule has 0 aliphatic rings. The first-order chi connectivity index (χ1) is 22.6. The maximum Gasteiger partial charge on any atom is 0.164 e. The minimum Gasteiger partial charge on any atom is -0.487 e. The third kappa shape index (κ3) is 6.36. The van der Waals surface area contributed by atoms with Crippen molar-refractivity contribution in [2.24, 2.45) is 0 Å². The van der Waals surface area contributed by atoms with Gasteiger partial charge in [-0.25, -0.2) is 15.0 Å². The van der Waals surface area contributed by atoms with Gasteiger partial charge >= 0.3 is 0 Å². The second-order valence-corrected chi connectivity index (χ2v) is 11.3. The Bertz CT molecular complexity index is 2030. The van der Waals surface area contributed by atoms with Gasteiger partial charge in [0.05, 0.1) is 5.69 Å². The maximum atomic E-state index is 6.71. The number of nitrogen functional groups attached to an aromatic ring is 1. The van der Waals surface area contributed by atoms with Crippen molar-refractivity contribution in [2.75, 3.05) is 5.73 Å². The van der Waals surface area contributed by atoms with Gasteiger partial charge in [-0.2, -0.15) is 0 Å². The van der Waals surface area contributed by atoms with Crippen LogP contribution in [-0.2, 0) is 6.61 Å². The van der Waals surface area contributed by atoms with Crippen molar-refractivity contribution in [3.63, 3.8) is 0 Å². The van der Waals surface area contributed by atoms with E-state index in [9.17, 15) is 0 Å². The zero-order valence-electron chi connectivity index (χ0n) is 24.8. The van der Waals surface area contributed by atoms with Crippen LogP contribution in [0, 0.1) is 0 Å². The first-order valence-corrected chi connectivity index (χ1v) is 15.3. The molecule has 2 N–H and O–H groups in total. The topological polar surface area (TPSA) is 73.9 Å². The Morgan fingerprint density at radius 3 is 1.46 bits per heavy atom. The predicted octanol–water partition coefficient (Wildman–Crippen LogP) is 10.0. The number of halogens is 1. The number of aromatic nitrogens is 3. The summed E-state index contributed by atoms with van der Waals surface area (Å²) in [6.45, 7) is 0.366. The smallest absolute Gasteiger partial charge is 0.164 e. The highest BCUT2D eigenvalue weighted by Gasteiger charge is 2.15. The summed E-state index contributed by atoms with van der Waals surface area (Å²) in [6, 6.07) is 50.0. The number of hydrogen-bond acceptors (Lipinski definition) is 5. The highest BCUT2D eigenvalue weighted by molar-refractivity contribution is 6.30. The van der Waals surface area contributed by atoms with Gasteiger partial charge in [0, 0.05) is 27.3 Å². The average Bonchev–Trinajstić information content (AvgIpc) is 3.13. The summed E-state index contributed by atoms with van der Waals surface area (Å²) in [5.41, 5.74) is 15.0. The minimum absolute atomic E-state index is 0.366. The first-order valence-electron chi connectivity index (χ1n) is 14.9. The zero-order chi connectivity index (χ0) is 31.3. The number of anilines is 1. The third-order valence-electron chi connectivity index (χ3n) is 7.71. The highest BCUT2D eigenvalue weighted by Crippen LogP contribution is 2.39. The van der Waals surface area contributed by atoms with E-state index in [1.54, 1.807) is 0 Å². The highest BCUT2D eigenvalue weighted by atomic mass is 35.5. The third-order valence-corrected chi connectivity index (χ3v) is 7.96. The lowest BCUT2D eigenvalue weighted by atomic mass is 9.96. The molecule has 1 aromatic heterocycles. The number of benzene rings is 6. The summed E-state index contributed by atoms with van der Waals surface area (Å²) in [4.78, 5) is 14.6. The van der Waals surface area contributed by atoms with Crippen molar-refractivity contribution in [3.05, 3.63) is 162 Å². The van der Waals surface area contributed by atoms with Crippen LogP contribution in [0.2, 0.25) is 5.02 Å². The Labute approximate surface area is 273 Å². The van der Waals surface area contributed by atoms with Gasteiger partial charge in [-0.05, 0) is 46.5 Å². The van der Waals surface area contributed by atoms with Gasteiger partial charge in [0.15, 0.2) is 17.5 Å². The van der Waals surface area contributed by atoms with E-state index in [2.05, 4.69) is 30.3 Å². The minimum atomic E-state index is 0.366. The molecule has 0 atom stereocenters. The fourth-order valence-electron chi connectivity index (χ4n) is 5.26. The van der Waals surface area contributed by atoms with Crippen LogP contribution >= 0.6 is 11.6 Å². The molecule has 0 fully saturated rings. The van der Waals surface area contributed by atoms with Crippen LogP contribution in [0.4, 0.5) is 5.69 Å². The summed E-state index contributed by atoms with van der Waals surface area (Å²) < 4.78 is 6.30. The van der Waals surface area contributed by atoms with Crippen LogP contribution in [-0.4, -0.2) is 15.0 Å². The van der Waals surface area contributed by atoms with Gasteiger partial charge in [0.25, 0.3) is 0 Å². The molecule has 222 valence electrons. The van der Waals surface area contributed by atoms with Gasteiger partial charge in [-0.3, -0.25) is 0 Å². The number of hydrogen-bond donors (Lipinski definition) is 1. The lowest BCUT2D eigenvalue weighted by Crippen LogP contribution is -2.01. The average molecular weight is 617 g/mol. The van der Waals surface area contributed by atoms with Crippen molar-refractivity contribution < 1.29 is 4.74 Å². The molecule has 0 unspecified atom stereocenters. The lowest BCUT2D eigenvalue weighted by Gasteiger charge is -2.16. The Morgan fingerprint density at radius 2 is 0.935 bits per heavy atom. The molecule has 0 radical (unpaired) electrons. The fraction of sp³-hybridized carbons (Fsp3) is 0.0250. The Morgan fingerprint density at radius 1 is 0.478 bits per heavy atom. The summed E-state index contributed by atoms with van der Waals surface area (Å²) in [5, 5.41) is 0.685. The van der Waals surface area contributed by atoms with Crippen LogP contribution < -0.4 is 10.5 Å². The molecule has 1 heterocycles. The van der Waals surface area contributed by atoms with Gasteiger partial charge in [-0.15, -0.1) is 0 Å². The molecular weight excluding hydrogens is 588 g/mol. The molecule has 0 bridgehead atoms. The van der Waals surface area contributed by atoms with E-state index in [4.69, 9.17) is 37.0 Å². The van der Waals surface area contributed by atoms with Crippen molar-refractivity contribution >= 4 is 17.3 Å². The van der Waals surface area contributed by atoms with Gasteiger partial charge < -0.3 is 10.5 Å². The second-order valence-electron chi connectivity index (χ2n) is 10.8. The molecule has 0 spiro atoms. The molecular formula is C40H29ClN4O. The summed E-state index contributed by atoms with van der Waals surface area (Å²) in [5.74, 6) is 2.48. The Hall–Kier alpha value is -5.78. The molecule has 6 aromatic carbocycles. The SMILES string of the molecule is Nc1c(OCc2ccc(Cl)cc2)cc(-c2ccc(-c3nc(-c4ccccc4)nc(-c4ccccc4)n3)cc2)cc1-c1ccccc1. The van der Waals surface area contributed by atoms with Crippen molar-refractivity contribution in [1.29, 1.82) is 0 Å². The molecule has 5 nitrogen and oxygen atoms in total. The van der Waals surface area contributed by atoms with Gasteiger partial charge in [-0.1, -0.05) is 139 Å². The van der Waals surface area contributed by atoms with E-state index in [1.807, 2.05) is 121 Å². The Balaban J connectivity index is 1.26. The van der Waals surface area contributed by atoms with E-state index in [1.165, 1.54) is 0 Å². The molecule has 46 heavy (non-hydrogen) atoms. The van der Waals surface area contributed by atoms with Crippen molar-refractivity contribution in [3.8, 4) is 62.2 Å². The normalized spacial score (nSPS) is 10.9. The monoisotopic (exact) mass is 616 g/mol. The number of ether oxygens (including phenoxy) is 1. The van der Waals surface area contributed by atoms with E-state index in [-0.39, 0.29) is 0 Å². The molecule has 0 amide bonds. The molecule has 0 aliphatic carbocycles. The number of rotatable bonds is 8. The first kappa shape index (κ1) is 29.0. The molecule has 0 saturated carbocycles. The number of nitrogens with zero attached hydrogens (tertiary/aromatic N) is 3. The molecule has 7 rings (SSSR count). The largest absolute Gasteiger partial charge is 0.487 e. The molecule has 7 aromatic rings. The molecule has 0 saturated heterocycles. The van der Waals surface area contributed by atoms with E-state index in [0.717, 1.165) is 44.5 Å². The van der Waals surface area contributed by atoms with Crippen molar-refractivity contribution in [2.45, 2.75) is 6.61 Å². The molecule has 0 aliphatic heterocycles. The second kappa shape index (κ2) is 13.1. The summed E-state index contributed by atoms with van der Waals surface area (Å²) in [6.07, 6.45) is 0. The predicted molar refractivity (Wildman–Crippen MR) is 187 cm³/mol. The lowest BCUT2D eigenvalue weighted by molar-refractivity contribution is 0.308. The van der Waals surface area contributed by atoms with Gasteiger partial charge in [0.1, 0.15) is 12.4 Å². The van der Waals surface area contributed by atoms with Crippen LogP contribution in [0.15, 0.2) is 152 Å². The van der Waals surface area contributed by atoms with E-state index < -0.39 is 0 Å². The maximum absolute atomic E-state index is 6.71. The van der Waals surface area contributed by atoms with Crippen LogP contribution in [0.25, 0.3) is 56.4 Å². The Kier molecular flexibility index (Phi) is 8.23. The van der Waals surface area contributed by atoms with E-state index in [0.29, 0.717) is 40.5 Å². The van der Waals surface area contributed by atoms with E-state index >= 15 is 0 Å². The standard InChI is InChI=1S/C40H29ClN4O/c41-34-22-16-27(17-23-34)26-46-36-25-33(24-35(37(36)42)29-10-4-1-5-11-29)28-18-20-32(21-19-28)40-44-38(30-12-6-2-7-13-30)43-39(45-40)31-14-8-3-9-15-31/h1-25H,26,42H2. The quantitative estimate of drug-likeness (QED) is 0.172. The van der Waals surface area contributed by atoms with Crippen molar-refractivity contribution in [1.82, 2.24) is 15.0 Å². The summed E-state index contributed by atoms with van der Waals surface area (Å²) in [7, 11) is 0. The summed E-state index contributed by atoms with van der Waals surface area (Å²) >= 11 is 6.08. The zero-order valence-corrected chi connectivity index (χ0v) is 25.6. The fourth-order valence-corrected chi connectivity index (χ4v) is 5.39. The van der Waals surface area contributed by atoms with Crippen LogP contribution in [0.5, 0.6) is 5.75 Å². The number of nitrogens with two attached hydrogens (primary N) is 1. The van der Waals surface area contributed by atoms with Gasteiger partial charge in [0.2, 0.25) is 0 Å². The van der Waals surface area contributed by atoms with Crippen LogP contribution in [0.3, 0.4) is 0 Å².